The average molecular weight is 464 g/mol. The molecule has 0 unspecified atom stereocenters. The highest BCUT2D eigenvalue weighted by Crippen LogP contribution is 2.22. The van der Waals surface area contributed by atoms with Crippen molar-refractivity contribution in [3.63, 3.8) is 0 Å². The molecule has 1 heterocycles. The molecule has 0 aliphatic heterocycles. The fourth-order valence-corrected chi connectivity index (χ4v) is 3.19. The van der Waals surface area contributed by atoms with Gasteiger partial charge in [-0.25, -0.2) is 9.78 Å². The number of amides is 1. The lowest BCUT2D eigenvalue weighted by Gasteiger charge is -2.07. The van der Waals surface area contributed by atoms with Crippen LogP contribution in [0.4, 0.5) is 5.69 Å². The number of nitrogens with one attached hydrogen (secondary N) is 2. The van der Waals surface area contributed by atoms with Gasteiger partial charge >= 0.3 is 5.97 Å². The standard InChI is InChI=1S/C23H18BrN3O3/c1-14-2-4-15(5-3-14)22-26-19-11-6-16(12-20(19)27-22)23(29)30-13-21(28)25-18-9-7-17(24)8-10-18/h2-12H,13H2,1H3,(H,25,28)(H,26,27). The summed E-state index contributed by atoms with van der Waals surface area (Å²) in [6, 6.07) is 20.2. The van der Waals surface area contributed by atoms with E-state index in [0.717, 1.165) is 26.9 Å². The molecule has 0 bridgehead atoms. The summed E-state index contributed by atoms with van der Waals surface area (Å²) in [6.07, 6.45) is 0. The lowest BCUT2D eigenvalue weighted by Crippen LogP contribution is -2.20. The van der Waals surface area contributed by atoms with Crippen LogP contribution in [0.2, 0.25) is 0 Å². The van der Waals surface area contributed by atoms with Crippen LogP contribution in [-0.2, 0) is 9.53 Å². The third kappa shape index (κ3) is 4.58. The molecular formula is C23H18BrN3O3. The smallest absolute Gasteiger partial charge is 0.338 e. The lowest BCUT2D eigenvalue weighted by molar-refractivity contribution is -0.119. The number of anilines is 1. The molecule has 0 saturated heterocycles. The number of aromatic amines is 1. The fraction of sp³-hybridized carbons (Fsp3) is 0.0870. The number of hydrogen-bond donors (Lipinski definition) is 2. The van der Waals surface area contributed by atoms with Gasteiger partial charge in [-0.05, 0) is 49.4 Å². The first kappa shape index (κ1) is 19.8. The summed E-state index contributed by atoms with van der Waals surface area (Å²) in [6.45, 7) is 1.66. The van der Waals surface area contributed by atoms with Gasteiger partial charge in [-0.3, -0.25) is 4.79 Å². The molecule has 0 aliphatic carbocycles. The van der Waals surface area contributed by atoms with Crippen molar-refractivity contribution in [2.24, 2.45) is 0 Å². The highest BCUT2D eigenvalue weighted by Gasteiger charge is 2.13. The molecular weight excluding hydrogens is 446 g/mol. The molecule has 0 aliphatic rings. The molecule has 30 heavy (non-hydrogen) atoms. The van der Waals surface area contributed by atoms with Gasteiger partial charge in [0.1, 0.15) is 5.82 Å². The molecule has 0 radical (unpaired) electrons. The number of fused-ring (bicyclic) bond motifs is 1. The second-order valence-corrected chi connectivity index (χ2v) is 7.73. The van der Waals surface area contributed by atoms with Crippen molar-refractivity contribution >= 4 is 44.5 Å². The van der Waals surface area contributed by atoms with Crippen LogP contribution in [0, 0.1) is 6.92 Å². The Morgan fingerprint density at radius 3 is 2.50 bits per heavy atom. The molecule has 0 saturated carbocycles. The number of ether oxygens (including phenoxy) is 1. The first-order valence-electron chi connectivity index (χ1n) is 9.27. The monoisotopic (exact) mass is 463 g/mol. The van der Waals surface area contributed by atoms with Crippen LogP contribution in [-0.4, -0.2) is 28.5 Å². The Bertz CT molecular complexity index is 1210. The number of H-pyrrole nitrogens is 1. The number of aryl methyl sites for hydroxylation is 1. The molecule has 0 spiro atoms. The van der Waals surface area contributed by atoms with Crippen LogP contribution in [0.15, 0.2) is 71.2 Å². The second-order valence-electron chi connectivity index (χ2n) is 6.81. The van der Waals surface area contributed by atoms with Crippen molar-refractivity contribution in [3.8, 4) is 11.4 Å². The summed E-state index contributed by atoms with van der Waals surface area (Å²) in [5, 5.41) is 2.68. The zero-order chi connectivity index (χ0) is 21.1. The molecule has 0 atom stereocenters. The number of carbonyl (C=O) groups is 2. The minimum absolute atomic E-state index is 0.345. The number of halogens is 1. The quantitative estimate of drug-likeness (QED) is 0.403. The Kier molecular flexibility index (Phi) is 5.63. The van der Waals surface area contributed by atoms with Gasteiger partial charge in [0.25, 0.3) is 5.91 Å². The molecule has 1 amide bonds. The highest BCUT2D eigenvalue weighted by atomic mass is 79.9. The van der Waals surface area contributed by atoms with Crippen molar-refractivity contribution in [3.05, 3.63) is 82.3 Å². The van der Waals surface area contributed by atoms with E-state index in [1.54, 1.807) is 30.3 Å². The van der Waals surface area contributed by atoms with Crippen LogP contribution in [0.3, 0.4) is 0 Å². The van der Waals surface area contributed by atoms with Crippen LogP contribution >= 0.6 is 15.9 Å². The Morgan fingerprint density at radius 2 is 1.77 bits per heavy atom. The average Bonchev–Trinajstić information content (AvgIpc) is 3.17. The molecule has 4 aromatic rings. The molecule has 1 aromatic heterocycles. The van der Waals surface area contributed by atoms with Gasteiger partial charge in [0.05, 0.1) is 16.6 Å². The predicted molar refractivity (Wildman–Crippen MR) is 119 cm³/mol. The predicted octanol–water partition coefficient (Wildman–Crippen LogP) is 5.10. The van der Waals surface area contributed by atoms with Gasteiger partial charge in [-0.1, -0.05) is 45.8 Å². The van der Waals surface area contributed by atoms with Crippen molar-refractivity contribution in [1.82, 2.24) is 9.97 Å². The van der Waals surface area contributed by atoms with Gasteiger partial charge in [0.15, 0.2) is 6.61 Å². The van der Waals surface area contributed by atoms with E-state index < -0.39 is 11.9 Å². The van der Waals surface area contributed by atoms with E-state index in [1.165, 1.54) is 5.56 Å². The molecule has 2 N–H and O–H groups in total. The van der Waals surface area contributed by atoms with E-state index in [9.17, 15) is 9.59 Å². The number of hydrogen-bond acceptors (Lipinski definition) is 4. The number of imidazole rings is 1. The summed E-state index contributed by atoms with van der Waals surface area (Å²) < 4.78 is 6.05. The van der Waals surface area contributed by atoms with Gasteiger partial charge in [0, 0.05) is 15.7 Å². The number of benzene rings is 3. The Morgan fingerprint density at radius 1 is 1.03 bits per heavy atom. The maximum Gasteiger partial charge on any atom is 0.338 e. The van der Waals surface area contributed by atoms with E-state index in [1.807, 2.05) is 43.3 Å². The van der Waals surface area contributed by atoms with Crippen LogP contribution in [0.1, 0.15) is 15.9 Å². The van der Waals surface area contributed by atoms with Crippen molar-refractivity contribution in [2.45, 2.75) is 6.92 Å². The Balaban J connectivity index is 1.42. The van der Waals surface area contributed by atoms with Gasteiger partial charge in [-0.15, -0.1) is 0 Å². The molecule has 4 rings (SSSR count). The Hall–Kier alpha value is -3.45. The van der Waals surface area contributed by atoms with Crippen LogP contribution in [0.25, 0.3) is 22.4 Å². The van der Waals surface area contributed by atoms with Gasteiger partial charge in [0.2, 0.25) is 0 Å². The summed E-state index contributed by atoms with van der Waals surface area (Å²) >= 11 is 3.33. The molecule has 0 fully saturated rings. The molecule has 3 aromatic carbocycles. The normalized spacial score (nSPS) is 10.7. The topological polar surface area (TPSA) is 84.1 Å². The number of rotatable bonds is 5. The Labute approximate surface area is 181 Å². The largest absolute Gasteiger partial charge is 0.452 e. The zero-order valence-electron chi connectivity index (χ0n) is 16.1. The summed E-state index contributed by atoms with van der Waals surface area (Å²) in [4.78, 5) is 32.2. The van der Waals surface area contributed by atoms with Crippen LogP contribution in [0.5, 0.6) is 0 Å². The van der Waals surface area contributed by atoms with Gasteiger partial charge < -0.3 is 15.0 Å². The third-order valence-electron chi connectivity index (χ3n) is 4.50. The van der Waals surface area contributed by atoms with Crippen molar-refractivity contribution < 1.29 is 14.3 Å². The van der Waals surface area contributed by atoms with E-state index in [4.69, 9.17) is 4.74 Å². The fourth-order valence-electron chi connectivity index (χ4n) is 2.93. The minimum atomic E-state index is -0.575. The van der Waals surface area contributed by atoms with E-state index in [-0.39, 0.29) is 6.61 Å². The second kappa shape index (κ2) is 8.51. The van der Waals surface area contributed by atoms with Crippen LogP contribution < -0.4 is 5.32 Å². The summed E-state index contributed by atoms with van der Waals surface area (Å²) in [5.74, 6) is -0.256. The molecule has 6 nitrogen and oxygen atoms in total. The maximum atomic E-state index is 12.4. The zero-order valence-corrected chi connectivity index (χ0v) is 17.7. The number of esters is 1. The summed E-state index contributed by atoms with van der Waals surface area (Å²) in [7, 11) is 0. The SMILES string of the molecule is Cc1ccc(-c2nc3ccc(C(=O)OCC(=O)Nc4ccc(Br)cc4)cc3[nH]2)cc1. The first-order valence-corrected chi connectivity index (χ1v) is 10.1. The van der Waals surface area contributed by atoms with Crippen molar-refractivity contribution in [2.75, 3.05) is 11.9 Å². The number of aromatic nitrogens is 2. The number of carbonyl (C=O) groups excluding carboxylic acids is 2. The maximum absolute atomic E-state index is 12.4. The van der Waals surface area contributed by atoms with E-state index in [2.05, 4.69) is 31.2 Å². The van der Waals surface area contributed by atoms with E-state index >= 15 is 0 Å². The first-order chi connectivity index (χ1) is 14.5. The van der Waals surface area contributed by atoms with E-state index in [0.29, 0.717) is 11.3 Å². The number of nitrogens with zero attached hydrogens (tertiary/aromatic N) is 1. The van der Waals surface area contributed by atoms with Gasteiger partial charge in [-0.2, -0.15) is 0 Å². The van der Waals surface area contributed by atoms with Crippen molar-refractivity contribution in [1.29, 1.82) is 0 Å². The molecule has 7 heteroatoms. The lowest BCUT2D eigenvalue weighted by atomic mass is 10.1. The minimum Gasteiger partial charge on any atom is -0.452 e. The molecule has 150 valence electrons. The third-order valence-corrected chi connectivity index (χ3v) is 5.03. The highest BCUT2D eigenvalue weighted by molar-refractivity contribution is 9.10. The summed E-state index contributed by atoms with van der Waals surface area (Å²) in [5.41, 5.74) is 4.57.